The van der Waals surface area contributed by atoms with Crippen LogP contribution in [0.5, 0.6) is 0 Å². The van der Waals surface area contributed by atoms with E-state index in [1.54, 1.807) is 0 Å². The summed E-state index contributed by atoms with van der Waals surface area (Å²) >= 11 is 3.51. The Morgan fingerprint density at radius 1 is 1.43 bits per heavy atom. The number of fused-ring (bicyclic) bond motifs is 1. The molecule has 2 aromatic heterocycles. The second-order valence-electron chi connectivity index (χ2n) is 3.60. The van der Waals surface area contributed by atoms with Crippen molar-refractivity contribution in [2.75, 3.05) is 13.1 Å². The highest BCUT2D eigenvalue weighted by molar-refractivity contribution is 9.10. The van der Waals surface area contributed by atoms with Gasteiger partial charge in [-0.05, 0) is 28.1 Å². The minimum absolute atomic E-state index is 0.599. The van der Waals surface area contributed by atoms with Gasteiger partial charge in [0.05, 0.1) is 10.3 Å². The van der Waals surface area contributed by atoms with Crippen molar-refractivity contribution in [3.63, 3.8) is 0 Å². The van der Waals surface area contributed by atoms with Gasteiger partial charge in [0.15, 0.2) is 0 Å². The van der Waals surface area contributed by atoms with Crippen LogP contribution in [0, 0.1) is 0 Å². The predicted octanol–water partition coefficient (Wildman–Crippen LogP) is 1.78. The van der Waals surface area contributed by atoms with E-state index in [0.29, 0.717) is 5.92 Å². The van der Waals surface area contributed by atoms with Crippen molar-refractivity contribution in [3.8, 4) is 0 Å². The fraction of sp³-hybridized carbons (Fsp3) is 0.300. The van der Waals surface area contributed by atoms with Crippen molar-refractivity contribution in [1.82, 2.24) is 14.7 Å². The standard InChI is InChI=1S/C10H10BrN3/c11-9-2-1-3-10-13-8(6-14(9)10)7-4-12-5-7/h1-3,6-7,12H,4-5H2. The van der Waals surface area contributed by atoms with E-state index >= 15 is 0 Å². The Kier molecular flexibility index (Phi) is 1.85. The molecule has 1 aliphatic heterocycles. The normalized spacial score (nSPS) is 17.2. The van der Waals surface area contributed by atoms with Crippen LogP contribution in [0.4, 0.5) is 0 Å². The van der Waals surface area contributed by atoms with Gasteiger partial charge in [-0.1, -0.05) is 6.07 Å². The number of nitrogens with one attached hydrogen (secondary N) is 1. The molecule has 1 N–H and O–H groups in total. The maximum atomic E-state index is 4.59. The van der Waals surface area contributed by atoms with Crippen molar-refractivity contribution in [1.29, 1.82) is 0 Å². The lowest BCUT2D eigenvalue weighted by atomic mass is 10.0. The first-order valence-electron chi connectivity index (χ1n) is 4.69. The summed E-state index contributed by atoms with van der Waals surface area (Å²) < 4.78 is 3.13. The summed E-state index contributed by atoms with van der Waals surface area (Å²) in [6.45, 7) is 2.11. The number of hydrogen-bond donors (Lipinski definition) is 1. The maximum Gasteiger partial charge on any atom is 0.137 e. The number of nitrogens with zero attached hydrogens (tertiary/aromatic N) is 2. The van der Waals surface area contributed by atoms with E-state index in [0.717, 1.165) is 23.3 Å². The highest BCUT2D eigenvalue weighted by Gasteiger charge is 2.21. The minimum atomic E-state index is 0.599. The molecule has 0 bridgehead atoms. The van der Waals surface area contributed by atoms with Crippen molar-refractivity contribution < 1.29 is 0 Å². The third-order valence-electron chi connectivity index (χ3n) is 2.66. The van der Waals surface area contributed by atoms with E-state index in [4.69, 9.17) is 0 Å². The second kappa shape index (κ2) is 3.07. The third-order valence-corrected chi connectivity index (χ3v) is 3.31. The van der Waals surface area contributed by atoms with Gasteiger partial charge in [-0.25, -0.2) is 4.98 Å². The molecule has 1 aliphatic rings. The topological polar surface area (TPSA) is 29.3 Å². The Morgan fingerprint density at radius 3 is 2.93 bits per heavy atom. The summed E-state index contributed by atoms with van der Waals surface area (Å²) in [6.07, 6.45) is 2.12. The molecule has 14 heavy (non-hydrogen) atoms. The molecule has 0 radical (unpaired) electrons. The molecule has 0 spiro atoms. The molecule has 3 heterocycles. The molecule has 0 aromatic carbocycles. The van der Waals surface area contributed by atoms with Gasteiger partial charge in [0, 0.05) is 25.2 Å². The van der Waals surface area contributed by atoms with Crippen LogP contribution in [0.2, 0.25) is 0 Å². The second-order valence-corrected chi connectivity index (χ2v) is 4.41. The molecule has 0 atom stereocenters. The minimum Gasteiger partial charge on any atom is -0.315 e. The van der Waals surface area contributed by atoms with Gasteiger partial charge in [-0.3, -0.25) is 4.40 Å². The summed E-state index contributed by atoms with van der Waals surface area (Å²) in [5, 5.41) is 3.26. The smallest absolute Gasteiger partial charge is 0.137 e. The number of hydrogen-bond acceptors (Lipinski definition) is 2. The average molecular weight is 252 g/mol. The molecule has 1 fully saturated rings. The Bertz CT molecular complexity index is 473. The molecule has 4 heteroatoms. The SMILES string of the molecule is Brc1cccc2nc(C3CNC3)cn12. The number of pyridine rings is 1. The molecule has 0 aliphatic carbocycles. The van der Waals surface area contributed by atoms with Crippen LogP contribution in [0.3, 0.4) is 0 Å². The van der Waals surface area contributed by atoms with Crippen LogP contribution < -0.4 is 5.32 Å². The summed E-state index contributed by atoms with van der Waals surface area (Å²) in [5.41, 5.74) is 2.21. The molecule has 1 saturated heterocycles. The van der Waals surface area contributed by atoms with E-state index in [1.165, 1.54) is 5.69 Å². The monoisotopic (exact) mass is 251 g/mol. The van der Waals surface area contributed by atoms with Crippen LogP contribution in [-0.2, 0) is 0 Å². The molecule has 2 aromatic rings. The zero-order valence-electron chi connectivity index (χ0n) is 7.57. The van der Waals surface area contributed by atoms with Gasteiger partial charge in [0.2, 0.25) is 0 Å². The van der Waals surface area contributed by atoms with Gasteiger partial charge < -0.3 is 5.32 Å². The van der Waals surface area contributed by atoms with Crippen molar-refractivity contribution >= 4 is 21.6 Å². The van der Waals surface area contributed by atoms with E-state index < -0.39 is 0 Å². The lowest BCUT2D eigenvalue weighted by Crippen LogP contribution is -2.40. The summed E-state index contributed by atoms with van der Waals surface area (Å²) in [4.78, 5) is 4.59. The maximum absolute atomic E-state index is 4.59. The first kappa shape index (κ1) is 8.44. The molecule has 3 nitrogen and oxygen atoms in total. The molecule has 3 rings (SSSR count). The van der Waals surface area contributed by atoms with E-state index in [-0.39, 0.29) is 0 Å². The van der Waals surface area contributed by atoms with Gasteiger partial charge in [-0.15, -0.1) is 0 Å². The van der Waals surface area contributed by atoms with Crippen molar-refractivity contribution in [2.24, 2.45) is 0 Å². The summed E-state index contributed by atoms with van der Waals surface area (Å²) in [6, 6.07) is 6.06. The number of imidazole rings is 1. The molecule has 0 amide bonds. The van der Waals surface area contributed by atoms with E-state index in [1.807, 2.05) is 18.2 Å². The predicted molar refractivity (Wildman–Crippen MR) is 58.5 cm³/mol. The molecular weight excluding hydrogens is 242 g/mol. The Hall–Kier alpha value is -0.870. The number of aromatic nitrogens is 2. The van der Waals surface area contributed by atoms with Crippen LogP contribution in [0.1, 0.15) is 11.6 Å². The zero-order chi connectivity index (χ0) is 9.54. The summed E-state index contributed by atoms with van der Waals surface area (Å²) in [7, 11) is 0. The van der Waals surface area contributed by atoms with Crippen molar-refractivity contribution in [2.45, 2.75) is 5.92 Å². The Morgan fingerprint density at radius 2 is 2.29 bits per heavy atom. The van der Waals surface area contributed by atoms with E-state index in [2.05, 4.69) is 36.8 Å². The number of rotatable bonds is 1. The summed E-state index contributed by atoms with van der Waals surface area (Å²) in [5.74, 6) is 0.599. The highest BCUT2D eigenvalue weighted by Crippen LogP contribution is 2.21. The average Bonchev–Trinajstić information content (AvgIpc) is 2.46. The first-order valence-corrected chi connectivity index (χ1v) is 5.48. The third kappa shape index (κ3) is 1.18. The van der Waals surface area contributed by atoms with Gasteiger partial charge in [-0.2, -0.15) is 0 Å². The van der Waals surface area contributed by atoms with E-state index in [9.17, 15) is 0 Å². The number of halogens is 1. The lowest BCUT2D eigenvalue weighted by molar-refractivity contribution is 0.441. The van der Waals surface area contributed by atoms with Crippen LogP contribution in [-0.4, -0.2) is 22.5 Å². The van der Waals surface area contributed by atoms with Crippen LogP contribution in [0.15, 0.2) is 29.0 Å². The molecule has 72 valence electrons. The fourth-order valence-corrected chi connectivity index (χ4v) is 2.13. The molecule has 0 unspecified atom stereocenters. The first-order chi connectivity index (χ1) is 6.84. The Balaban J connectivity index is 2.15. The van der Waals surface area contributed by atoms with Crippen LogP contribution in [0.25, 0.3) is 5.65 Å². The molecule has 0 saturated carbocycles. The largest absolute Gasteiger partial charge is 0.315 e. The van der Waals surface area contributed by atoms with Crippen molar-refractivity contribution in [3.05, 3.63) is 34.7 Å². The van der Waals surface area contributed by atoms with Gasteiger partial charge in [0.1, 0.15) is 5.65 Å². The lowest BCUT2D eigenvalue weighted by Gasteiger charge is -2.24. The Labute approximate surface area is 90.3 Å². The highest BCUT2D eigenvalue weighted by atomic mass is 79.9. The zero-order valence-corrected chi connectivity index (χ0v) is 9.16. The quantitative estimate of drug-likeness (QED) is 0.784. The fourth-order valence-electron chi connectivity index (χ4n) is 1.69. The molecular formula is C10H10BrN3. The van der Waals surface area contributed by atoms with Gasteiger partial charge >= 0.3 is 0 Å². The van der Waals surface area contributed by atoms with Gasteiger partial charge in [0.25, 0.3) is 0 Å². The van der Waals surface area contributed by atoms with Crippen LogP contribution >= 0.6 is 15.9 Å².